The van der Waals surface area contributed by atoms with Crippen LogP contribution in [0.25, 0.3) is 0 Å². The lowest BCUT2D eigenvalue weighted by Crippen LogP contribution is -2.59. The second-order valence-corrected chi connectivity index (χ2v) is 26.0. The van der Waals surface area contributed by atoms with E-state index >= 15 is 0 Å². The molecule has 8 heteroatoms. The molecule has 9 fully saturated rings. The minimum Gasteiger partial charge on any atom is -0.469 e. The molecule has 0 radical (unpaired) electrons. The molecule has 9 rings (SSSR count). The van der Waals surface area contributed by atoms with Gasteiger partial charge in [-0.1, -0.05) is 61.8 Å². The van der Waals surface area contributed by atoms with E-state index in [4.69, 9.17) is 18.9 Å². The van der Waals surface area contributed by atoms with Gasteiger partial charge in [-0.25, -0.2) is 0 Å². The minimum absolute atomic E-state index is 0.0177. The quantitative estimate of drug-likeness (QED) is 0.165. The summed E-state index contributed by atoms with van der Waals surface area (Å²) in [6.45, 7) is 20.3. The number of esters is 2. The van der Waals surface area contributed by atoms with Crippen molar-refractivity contribution >= 4 is 11.9 Å². The average molecular weight is 909 g/mol. The first kappa shape index (κ1) is 50.2. The number of fused-ring (bicyclic) bond motifs is 10. The molecule has 1 saturated heterocycles. The Morgan fingerprint density at radius 3 is 1.86 bits per heavy atom. The lowest BCUT2D eigenvalue weighted by Gasteiger charge is -2.63. The summed E-state index contributed by atoms with van der Waals surface area (Å²) in [7, 11) is 3.00. The predicted molar refractivity (Wildman–Crippen MR) is 256 cm³/mol. The molecule has 0 aromatic heterocycles. The standard InChI is InChI=1S/C31H52O4.C26H44O4/c1-20-13-15-30(3)22(18-20)19-26(35-28-8-6-7-17-34-28)29-24-11-10-23(21(2)9-12-27(32)33-5)31(24,4)16-14-25(29)30;1-15(12-16(2)24(29)30-5)19-6-7-20-23-21(9-11-26(19,20)4)25(3)10-8-18(27)13-17(25)14-22(23)28/h20-26,28-29H,6-19H2,1-5H3;15-23,27-28H,6-14H2,1-5H3/t20-,21-,22+,23?,24?,25?,26-,28?,29?,30+,31-;15-,16?,17+,18-,19?,20?,21?,22-,23?,25+,26-/m11/s1. The van der Waals surface area contributed by atoms with Gasteiger partial charge in [-0.2, -0.15) is 0 Å². The summed E-state index contributed by atoms with van der Waals surface area (Å²) < 4.78 is 23.1. The highest BCUT2D eigenvalue weighted by Crippen LogP contribution is 2.71. The van der Waals surface area contributed by atoms with Crippen LogP contribution < -0.4 is 0 Å². The Kier molecular flexibility index (Phi) is 15.3. The van der Waals surface area contributed by atoms with Crippen LogP contribution in [0.5, 0.6) is 0 Å². The van der Waals surface area contributed by atoms with E-state index in [-0.39, 0.29) is 47.2 Å². The zero-order valence-electron chi connectivity index (χ0n) is 43.0. The van der Waals surface area contributed by atoms with Gasteiger partial charge >= 0.3 is 11.9 Å². The fraction of sp³-hybridized carbons (Fsp3) is 0.965. The maximum absolute atomic E-state index is 12.0. The van der Waals surface area contributed by atoms with Gasteiger partial charge in [0.2, 0.25) is 0 Å². The third kappa shape index (κ3) is 9.32. The summed E-state index contributed by atoms with van der Waals surface area (Å²) >= 11 is 0. The number of carbonyl (C=O) groups excluding carboxylic acids is 2. The lowest BCUT2D eigenvalue weighted by atomic mass is 9.43. The molecule has 0 spiro atoms. The number of rotatable bonds is 10. The van der Waals surface area contributed by atoms with Crippen LogP contribution in [-0.2, 0) is 28.5 Å². The number of methoxy groups -OCH3 is 2. The van der Waals surface area contributed by atoms with E-state index in [2.05, 4.69) is 48.5 Å². The summed E-state index contributed by atoms with van der Waals surface area (Å²) in [5, 5.41) is 21.6. The number of aliphatic hydroxyl groups excluding tert-OH is 2. The Morgan fingerprint density at radius 1 is 0.646 bits per heavy atom. The molecule has 0 bridgehead atoms. The molecular weight excluding hydrogens is 813 g/mol. The van der Waals surface area contributed by atoms with Crippen molar-refractivity contribution in [2.75, 3.05) is 20.8 Å². The van der Waals surface area contributed by atoms with Gasteiger partial charge in [0.1, 0.15) is 0 Å². The first-order valence-electron chi connectivity index (χ1n) is 27.7. The Hall–Kier alpha value is -1.22. The van der Waals surface area contributed by atoms with Crippen LogP contribution in [0.4, 0.5) is 0 Å². The van der Waals surface area contributed by atoms with Gasteiger partial charge in [-0.3, -0.25) is 9.59 Å². The van der Waals surface area contributed by atoms with Crippen molar-refractivity contribution in [3.05, 3.63) is 0 Å². The molecule has 8 saturated carbocycles. The van der Waals surface area contributed by atoms with Crippen molar-refractivity contribution in [1.29, 1.82) is 0 Å². The molecule has 0 aromatic rings. The van der Waals surface area contributed by atoms with Crippen LogP contribution in [0.2, 0.25) is 0 Å². The van der Waals surface area contributed by atoms with E-state index in [0.717, 1.165) is 75.2 Å². The number of hydrogen-bond donors (Lipinski definition) is 2. The van der Waals surface area contributed by atoms with Crippen molar-refractivity contribution in [3.63, 3.8) is 0 Å². The molecule has 8 nitrogen and oxygen atoms in total. The number of ether oxygens (including phenoxy) is 4. The minimum atomic E-state index is -0.217. The molecule has 1 aliphatic heterocycles. The third-order valence-corrected chi connectivity index (χ3v) is 22.9. The summed E-state index contributed by atoms with van der Waals surface area (Å²) in [4.78, 5) is 23.8. The van der Waals surface area contributed by atoms with Crippen LogP contribution in [0.1, 0.15) is 197 Å². The lowest BCUT2D eigenvalue weighted by molar-refractivity contribution is -0.249. The normalized spacial score (nSPS) is 49.1. The smallest absolute Gasteiger partial charge is 0.308 e. The first-order valence-corrected chi connectivity index (χ1v) is 27.7. The van der Waals surface area contributed by atoms with Gasteiger partial charge in [-0.05, 0) is 227 Å². The maximum atomic E-state index is 12.0. The molecule has 65 heavy (non-hydrogen) atoms. The second-order valence-electron chi connectivity index (χ2n) is 26.0. The summed E-state index contributed by atoms with van der Waals surface area (Å²) in [6.07, 6.45) is 25.4. The van der Waals surface area contributed by atoms with Crippen LogP contribution in [-0.4, -0.2) is 67.6 Å². The van der Waals surface area contributed by atoms with E-state index in [1.165, 1.54) is 104 Å². The first-order chi connectivity index (χ1) is 30.9. The zero-order valence-corrected chi connectivity index (χ0v) is 43.0. The molecule has 0 amide bonds. The number of hydrogen-bond acceptors (Lipinski definition) is 8. The average Bonchev–Trinajstić information content (AvgIpc) is 3.83. The van der Waals surface area contributed by atoms with Gasteiger partial charge in [-0.15, -0.1) is 0 Å². The topological polar surface area (TPSA) is 112 Å². The van der Waals surface area contributed by atoms with Gasteiger partial charge in [0.15, 0.2) is 6.29 Å². The summed E-state index contributed by atoms with van der Waals surface area (Å²) in [6, 6.07) is 0. The zero-order chi connectivity index (χ0) is 46.6. The highest BCUT2D eigenvalue weighted by atomic mass is 16.7. The highest BCUT2D eigenvalue weighted by molar-refractivity contribution is 5.71. The molecule has 1 heterocycles. The number of carbonyl (C=O) groups is 2. The molecule has 2 N–H and O–H groups in total. The Bertz CT molecular complexity index is 1630. The summed E-state index contributed by atoms with van der Waals surface area (Å²) in [5.74, 6) is 8.17. The SMILES string of the molecule is COC(=O)C(C)C[C@@H](C)C1CCC2C3C(CC[C@@]21C)[C@@]1(C)CC[C@@H](O)C[C@H]1C[C@H]3O.COC(=O)CC[C@@H](C)C1CCC2C3C(CC[C@@]21C)[C@@]1(C)CC[C@@H](C)C[C@H]1C[C@H]3OC1CCCCO1. The molecule has 8 aliphatic carbocycles. The van der Waals surface area contributed by atoms with Gasteiger partial charge < -0.3 is 29.2 Å². The van der Waals surface area contributed by atoms with Crippen molar-refractivity contribution < 1.29 is 38.7 Å². The van der Waals surface area contributed by atoms with E-state index in [0.29, 0.717) is 76.6 Å². The summed E-state index contributed by atoms with van der Waals surface area (Å²) in [5.41, 5.74) is 1.42. The fourth-order valence-corrected chi connectivity index (χ4v) is 19.4. The van der Waals surface area contributed by atoms with Gasteiger partial charge in [0, 0.05) is 13.0 Å². The Labute approximate surface area is 395 Å². The van der Waals surface area contributed by atoms with E-state index in [1.54, 1.807) is 0 Å². The fourth-order valence-electron chi connectivity index (χ4n) is 19.4. The Morgan fingerprint density at radius 2 is 1.23 bits per heavy atom. The highest BCUT2D eigenvalue weighted by Gasteiger charge is 2.65. The molecule has 9 aliphatic rings. The molecule has 10 unspecified atom stereocenters. The molecular formula is C57H96O8. The van der Waals surface area contributed by atoms with Crippen molar-refractivity contribution in [2.24, 2.45) is 105 Å². The van der Waals surface area contributed by atoms with Crippen molar-refractivity contribution in [2.45, 2.75) is 221 Å². The monoisotopic (exact) mass is 909 g/mol. The molecule has 0 aromatic carbocycles. The number of aliphatic hydroxyl groups is 2. The van der Waals surface area contributed by atoms with Crippen molar-refractivity contribution in [3.8, 4) is 0 Å². The third-order valence-electron chi connectivity index (χ3n) is 22.9. The second kappa shape index (κ2) is 19.9. The van der Waals surface area contributed by atoms with Crippen LogP contribution >= 0.6 is 0 Å². The largest absolute Gasteiger partial charge is 0.469 e. The Balaban J connectivity index is 0.000000179. The molecule has 22 atom stereocenters. The molecule has 372 valence electrons. The predicted octanol–water partition coefficient (Wildman–Crippen LogP) is 12.2. The van der Waals surface area contributed by atoms with Crippen LogP contribution in [0.3, 0.4) is 0 Å². The van der Waals surface area contributed by atoms with Gasteiger partial charge in [0.05, 0.1) is 38.4 Å². The van der Waals surface area contributed by atoms with E-state index in [9.17, 15) is 19.8 Å². The van der Waals surface area contributed by atoms with E-state index < -0.39 is 0 Å². The van der Waals surface area contributed by atoms with E-state index in [1.807, 2.05) is 6.92 Å². The van der Waals surface area contributed by atoms with Crippen molar-refractivity contribution in [1.82, 2.24) is 0 Å². The van der Waals surface area contributed by atoms with Crippen LogP contribution in [0, 0.1) is 105 Å². The van der Waals surface area contributed by atoms with Gasteiger partial charge in [0.25, 0.3) is 0 Å². The van der Waals surface area contributed by atoms with Crippen LogP contribution in [0.15, 0.2) is 0 Å². The maximum Gasteiger partial charge on any atom is 0.308 e.